The monoisotopic (exact) mass is 310 g/mol. The van der Waals surface area contributed by atoms with Crippen molar-refractivity contribution in [3.63, 3.8) is 0 Å². The molecular weight excluding hydrogens is 287 g/mol. The number of rotatable bonds is 4. The molecule has 122 valence electrons. The van der Waals surface area contributed by atoms with Crippen molar-refractivity contribution in [1.82, 2.24) is 10.2 Å². The molecule has 0 aromatic heterocycles. The van der Waals surface area contributed by atoms with Crippen LogP contribution in [-0.4, -0.2) is 42.6 Å². The van der Waals surface area contributed by atoms with Crippen molar-refractivity contribution in [3.05, 3.63) is 35.6 Å². The van der Waals surface area contributed by atoms with E-state index in [1.807, 2.05) is 0 Å². The maximum Gasteiger partial charge on any atom is 0.408 e. The van der Waals surface area contributed by atoms with Gasteiger partial charge in [-0.2, -0.15) is 0 Å². The summed E-state index contributed by atoms with van der Waals surface area (Å²) in [6.07, 6.45) is -0.488. The highest BCUT2D eigenvalue weighted by Gasteiger charge is 2.25. The highest BCUT2D eigenvalue weighted by Crippen LogP contribution is 2.10. The minimum atomic E-state index is -0.813. The van der Waals surface area contributed by atoms with Crippen molar-refractivity contribution in [1.29, 1.82) is 0 Å². The predicted octanol–water partition coefficient (Wildman–Crippen LogP) is 2.35. The van der Waals surface area contributed by atoms with Crippen molar-refractivity contribution in [2.45, 2.75) is 38.8 Å². The molecular formula is C16H23FN2O3. The Morgan fingerprint density at radius 2 is 1.95 bits per heavy atom. The van der Waals surface area contributed by atoms with E-state index in [-0.39, 0.29) is 18.1 Å². The van der Waals surface area contributed by atoms with E-state index in [1.54, 1.807) is 47.0 Å². The van der Waals surface area contributed by atoms with E-state index in [4.69, 9.17) is 4.74 Å². The van der Waals surface area contributed by atoms with Gasteiger partial charge in [-0.3, -0.25) is 4.79 Å². The Hall–Kier alpha value is -2.11. The van der Waals surface area contributed by atoms with E-state index < -0.39 is 17.7 Å². The average molecular weight is 310 g/mol. The first-order chi connectivity index (χ1) is 10.1. The number of ether oxygens (including phenoxy) is 1. The zero-order valence-corrected chi connectivity index (χ0v) is 13.6. The van der Waals surface area contributed by atoms with Gasteiger partial charge in [0.05, 0.1) is 0 Å². The molecule has 1 aromatic rings. The lowest BCUT2D eigenvalue weighted by Crippen LogP contribution is -2.48. The lowest BCUT2D eigenvalue weighted by Gasteiger charge is -2.25. The van der Waals surface area contributed by atoms with Crippen LogP contribution < -0.4 is 5.32 Å². The zero-order chi connectivity index (χ0) is 16.9. The third-order valence-corrected chi connectivity index (χ3v) is 2.76. The molecule has 5 nitrogen and oxygen atoms in total. The Bertz CT molecular complexity index is 538. The first-order valence-corrected chi connectivity index (χ1v) is 7.03. The van der Waals surface area contributed by atoms with E-state index in [9.17, 15) is 14.0 Å². The molecule has 0 saturated heterocycles. The van der Waals surface area contributed by atoms with E-state index in [2.05, 4.69) is 5.32 Å². The Morgan fingerprint density at radius 1 is 1.32 bits per heavy atom. The maximum absolute atomic E-state index is 13.3. The quantitative estimate of drug-likeness (QED) is 0.928. The Balaban J connectivity index is 2.85. The number of amides is 2. The van der Waals surface area contributed by atoms with Crippen LogP contribution in [-0.2, 0) is 16.0 Å². The van der Waals surface area contributed by atoms with Crippen LogP contribution >= 0.6 is 0 Å². The summed E-state index contributed by atoms with van der Waals surface area (Å²) in [7, 11) is 3.19. The Morgan fingerprint density at radius 3 is 2.45 bits per heavy atom. The highest BCUT2D eigenvalue weighted by atomic mass is 19.1. The lowest BCUT2D eigenvalue weighted by atomic mass is 10.0. The summed E-state index contributed by atoms with van der Waals surface area (Å²) in [5.74, 6) is -0.666. The third kappa shape index (κ3) is 6.11. The minimum Gasteiger partial charge on any atom is -0.444 e. The van der Waals surface area contributed by atoms with Crippen LogP contribution in [0, 0.1) is 5.82 Å². The lowest BCUT2D eigenvalue weighted by molar-refractivity contribution is -0.130. The zero-order valence-electron chi connectivity index (χ0n) is 13.6. The molecule has 0 saturated carbocycles. The molecule has 0 fully saturated rings. The highest BCUT2D eigenvalue weighted by molar-refractivity contribution is 5.85. The molecule has 0 heterocycles. The Labute approximate surface area is 130 Å². The molecule has 2 amide bonds. The van der Waals surface area contributed by atoms with E-state index >= 15 is 0 Å². The van der Waals surface area contributed by atoms with Gasteiger partial charge in [-0.05, 0) is 38.5 Å². The number of carbonyl (C=O) groups is 2. The number of hydrogen-bond donors (Lipinski definition) is 1. The molecule has 22 heavy (non-hydrogen) atoms. The van der Waals surface area contributed by atoms with Crippen molar-refractivity contribution < 1.29 is 18.7 Å². The summed E-state index contributed by atoms with van der Waals surface area (Å²) in [5.41, 5.74) is -0.0365. The molecule has 1 atom stereocenters. The Kier molecular flexibility index (Phi) is 5.91. The van der Waals surface area contributed by atoms with Gasteiger partial charge < -0.3 is 15.0 Å². The van der Waals surface area contributed by atoms with Crippen molar-refractivity contribution in [2.24, 2.45) is 0 Å². The average Bonchev–Trinajstić information content (AvgIpc) is 2.34. The van der Waals surface area contributed by atoms with Crippen molar-refractivity contribution >= 4 is 12.0 Å². The van der Waals surface area contributed by atoms with E-state index in [0.29, 0.717) is 5.56 Å². The second kappa shape index (κ2) is 7.24. The van der Waals surface area contributed by atoms with Gasteiger partial charge in [-0.1, -0.05) is 12.1 Å². The summed E-state index contributed by atoms with van der Waals surface area (Å²) < 4.78 is 18.4. The first kappa shape index (κ1) is 17.9. The van der Waals surface area contributed by atoms with Gasteiger partial charge in [0.2, 0.25) is 5.91 Å². The molecule has 0 radical (unpaired) electrons. The van der Waals surface area contributed by atoms with Crippen molar-refractivity contribution in [3.8, 4) is 0 Å². The van der Waals surface area contributed by atoms with Crippen LogP contribution in [0.2, 0.25) is 0 Å². The standard InChI is InChI=1S/C16H23FN2O3/c1-16(2,3)22-15(21)18-13(14(20)19(4)5)10-11-7-6-8-12(17)9-11/h6-9,13H,10H2,1-5H3,(H,18,21). The second-order valence-corrected chi connectivity index (χ2v) is 6.27. The SMILES string of the molecule is CN(C)C(=O)C(Cc1cccc(F)c1)NC(=O)OC(C)(C)C. The van der Waals surface area contributed by atoms with Gasteiger partial charge in [0.1, 0.15) is 17.5 Å². The van der Waals surface area contributed by atoms with Gasteiger partial charge in [0.15, 0.2) is 0 Å². The fourth-order valence-electron chi connectivity index (χ4n) is 1.86. The number of carbonyl (C=O) groups excluding carboxylic acids is 2. The van der Waals surface area contributed by atoms with Gasteiger partial charge >= 0.3 is 6.09 Å². The minimum absolute atomic E-state index is 0.189. The predicted molar refractivity (Wildman–Crippen MR) is 82.0 cm³/mol. The number of nitrogens with one attached hydrogen (secondary N) is 1. The summed E-state index contributed by atoms with van der Waals surface area (Å²) in [6, 6.07) is 5.12. The van der Waals surface area contributed by atoms with Crippen LogP contribution in [0.3, 0.4) is 0 Å². The fourth-order valence-corrected chi connectivity index (χ4v) is 1.86. The van der Waals surface area contributed by atoms with Gasteiger partial charge in [0, 0.05) is 20.5 Å². The number of alkyl carbamates (subject to hydrolysis) is 1. The van der Waals surface area contributed by atoms with Crippen LogP contribution in [0.5, 0.6) is 0 Å². The van der Waals surface area contributed by atoms with Crippen LogP contribution in [0.15, 0.2) is 24.3 Å². The van der Waals surface area contributed by atoms with Gasteiger partial charge in [-0.25, -0.2) is 9.18 Å². The molecule has 6 heteroatoms. The molecule has 1 N–H and O–H groups in total. The fraction of sp³-hybridized carbons (Fsp3) is 0.500. The molecule has 1 rings (SSSR count). The molecule has 0 bridgehead atoms. The number of halogens is 1. The van der Waals surface area contributed by atoms with Gasteiger partial charge in [-0.15, -0.1) is 0 Å². The molecule has 0 spiro atoms. The molecule has 1 unspecified atom stereocenters. The number of benzene rings is 1. The van der Waals surface area contributed by atoms with Crippen LogP contribution in [0.4, 0.5) is 9.18 Å². The van der Waals surface area contributed by atoms with E-state index in [0.717, 1.165) is 0 Å². The largest absolute Gasteiger partial charge is 0.444 e. The summed E-state index contributed by atoms with van der Waals surface area (Å²) in [4.78, 5) is 25.4. The maximum atomic E-state index is 13.3. The summed E-state index contributed by atoms with van der Waals surface area (Å²) in [6.45, 7) is 5.21. The smallest absolute Gasteiger partial charge is 0.408 e. The summed E-state index contributed by atoms with van der Waals surface area (Å²) >= 11 is 0. The number of hydrogen-bond acceptors (Lipinski definition) is 3. The van der Waals surface area contributed by atoms with Crippen LogP contribution in [0.25, 0.3) is 0 Å². The van der Waals surface area contributed by atoms with Gasteiger partial charge in [0.25, 0.3) is 0 Å². The number of likely N-dealkylation sites (N-methyl/N-ethyl adjacent to an activating group) is 1. The topological polar surface area (TPSA) is 58.6 Å². The normalized spacial score (nSPS) is 12.5. The molecule has 0 aliphatic rings. The molecule has 0 aliphatic heterocycles. The third-order valence-electron chi connectivity index (χ3n) is 2.76. The first-order valence-electron chi connectivity index (χ1n) is 7.03. The molecule has 1 aromatic carbocycles. The van der Waals surface area contributed by atoms with Crippen LogP contribution in [0.1, 0.15) is 26.3 Å². The van der Waals surface area contributed by atoms with Crippen molar-refractivity contribution in [2.75, 3.05) is 14.1 Å². The second-order valence-electron chi connectivity index (χ2n) is 6.27. The molecule has 0 aliphatic carbocycles. The summed E-state index contributed by atoms with van der Waals surface area (Å²) in [5, 5.41) is 2.55. The van der Waals surface area contributed by atoms with E-state index in [1.165, 1.54) is 17.0 Å². The number of nitrogens with zero attached hydrogens (tertiary/aromatic N) is 1.